The lowest BCUT2D eigenvalue weighted by Gasteiger charge is -2.21. The molecule has 3 aromatic heterocycles. The zero-order chi connectivity index (χ0) is 25.5. The summed E-state index contributed by atoms with van der Waals surface area (Å²) in [5, 5.41) is 4.33. The number of pyridine rings is 1. The fourth-order valence-electron chi connectivity index (χ4n) is 3.61. The Labute approximate surface area is 208 Å². The summed E-state index contributed by atoms with van der Waals surface area (Å²) in [6.07, 6.45) is 4.45. The zero-order valence-corrected chi connectivity index (χ0v) is 21.2. The van der Waals surface area contributed by atoms with Crippen LogP contribution in [0.25, 0.3) is 22.2 Å². The summed E-state index contributed by atoms with van der Waals surface area (Å²) in [5.41, 5.74) is 2.45. The number of fused-ring (bicyclic) bond motifs is 1. The number of ether oxygens (including phenoxy) is 1. The van der Waals surface area contributed by atoms with Crippen LogP contribution in [0.4, 0.5) is 16.3 Å². The summed E-state index contributed by atoms with van der Waals surface area (Å²) in [4.78, 5) is 35.9. The number of aryl methyl sites for hydroxylation is 1. The average molecular weight is 495 g/mol. The van der Waals surface area contributed by atoms with Gasteiger partial charge in [0.2, 0.25) is 0 Å². The third-order valence-corrected chi connectivity index (χ3v) is 5.54. The van der Waals surface area contributed by atoms with Crippen LogP contribution < -0.4 is 5.32 Å². The monoisotopic (exact) mass is 494 g/mol. The number of carbonyl (C=O) groups is 2. The van der Waals surface area contributed by atoms with Gasteiger partial charge in [0.15, 0.2) is 0 Å². The van der Waals surface area contributed by atoms with Gasteiger partial charge in [-0.25, -0.2) is 19.3 Å². The summed E-state index contributed by atoms with van der Waals surface area (Å²) < 4.78 is 8.77. The lowest BCUT2D eigenvalue weighted by Crippen LogP contribution is -2.31. The number of hydrogen-bond donors (Lipinski definition) is 1. The Morgan fingerprint density at radius 2 is 1.86 bits per heavy atom. The second kappa shape index (κ2) is 9.07. The molecule has 0 saturated heterocycles. The smallest absolute Gasteiger partial charge is 0.419 e. The first-order chi connectivity index (χ1) is 16.4. The molecule has 0 atom stereocenters. The second-order valence-electron chi connectivity index (χ2n) is 9.38. The summed E-state index contributed by atoms with van der Waals surface area (Å²) in [5.74, 6) is 0.134. The van der Waals surface area contributed by atoms with Crippen molar-refractivity contribution < 1.29 is 14.3 Å². The van der Waals surface area contributed by atoms with Gasteiger partial charge in [-0.15, -0.1) is 0 Å². The van der Waals surface area contributed by atoms with Gasteiger partial charge in [-0.1, -0.05) is 17.7 Å². The maximum atomic E-state index is 13.1. The number of carbonyl (C=O) groups excluding carboxylic acids is 2. The van der Waals surface area contributed by atoms with Crippen molar-refractivity contribution in [3.63, 3.8) is 0 Å². The molecule has 9 nitrogen and oxygen atoms in total. The number of nitrogens with one attached hydrogen (secondary N) is 1. The van der Waals surface area contributed by atoms with E-state index in [0.717, 1.165) is 11.3 Å². The average Bonchev–Trinajstić information content (AvgIpc) is 3.36. The summed E-state index contributed by atoms with van der Waals surface area (Å²) in [7, 11) is 5.17. The molecule has 0 saturated carbocycles. The van der Waals surface area contributed by atoms with E-state index in [1.807, 2.05) is 29.8 Å². The Balaban J connectivity index is 1.73. The van der Waals surface area contributed by atoms with E-state index in [-0.39, 0.29) is 11.6 Å². The summed E-state index contributed by atoms with van der Waals surface area (Å²) >= 11 is 6.55. The van der Waals surface area contributed by atoms with Crippen LogP contribution in [-0.4, -0.2) is 55.7 Å². The molecule has 3 heterocycles. The Kier molecular flexibility index (Phi) is 6.29. The third kappa shape index (κ3) is 5.00. The van der Waals surface area contributed by atoms with E-state index >= 15 is 0 Å². The Bertz CT molecular complexity index is 1430. The van der Waals surface area contributed by atoms with Gasteiger partial charge < -0.3 is 19.5 Å². The molecular formula is C25H27ClN6O3. The van der Waals surface area contributed by atoms with E-state index in [1.54, 1.807) is 65.7 Å². The lowest BCUT2D eigenvalue weighted by atomic mass is 10.1. The molecule has 1 N–H and O–H groups in total. The van der Waals surface area contributed by atoms with Gasteiger partial charge in [0.05, 0.1) is 34.4 Å². The summed E-state index contributed by atoms with van der Waals surface area (Å²) in [6.45, 7) is 5.32. The van der Waals surface area contributed by atoms with Crippen LogP contribution in [0.3, 0.4) is 0 Å². The van der Waals surface area contributed by atoms with E-state index in [4.69, 9.17) is 16.3 Å². The quantitative estimate of drug-likeness (QED) is 0.412. The first kappa shape index (κ1) is 24.3. The van der Waals surface area contributed by atoms with Gasteiger partial charge in [-0.05, 0) is 39.0 Å². The highest BCUT2D eigenvalue weighted by atomic mass is 35.5. The molecule has 4 rings (SSSR count). The maximum absolute atomic E-state index is 13.1. The second-order valence-corrected chi connectivity index (χ2v) is 9.79. The van der Waals surface area contributed by atoms with Gasteiger partial charge in [0.25, 0.3) is 5.91 Å². The first-order valence-electron chi connectivity index (χ1n) is 10.9. The van der Waals surface area contributed by atoms with Crippen molar-refractivity contribution in [2.45, 2.75) is 26.4 Å². The predicted molar refractivity (Wildman–Crippen MR) is 136 cm³/mol. The van der Waals surface area contributed by atoms with Gasteiger partial charge >= 0.3 is 6.09 Å². The molecular weight excluding hydrogens is 468 g/mol. The molecule has 35 heavy (non-hydrogen) atoms. The number of aromatic nitrogens is 4. The molecule has 0 spiro atoms. The number of benzene rings is 1. The topological polar surface area (TPSA) is 94.3 Å². The van der Waals surface area contributed by atoms with Crippen molar-refractivity contribution >= 4 is 46.0 Å². The summed E-state index contributed by atoms with van der Waals surface area (Å²) in [6, 6.07) is 8.95. The molecule has 4 aromatic rings. The number of anilines is 2. The van der Waals surface area contributed by atoms with E-state index < -0.39 is 11.7 Å². The van der Waals surface area contributed by atoms with Crippen LogP contribution in [0.2, 0.25) is 5.02 Å². The standard InChI is InChI=1S/C25H27ClN6O3/c1-25(2,3)35-24(34)32-19-11-22(28-12-16(19)10-20(32)23(33)30(4)5)29-18-8-7-15(9-17(18)26)21-13-27-14-31(21)6/h7-14H,1-6H3,(H,28,29). The number of halogens is 1. The Morgan fingerprint density at radius 1 is 1.11 bits per heavy atom. The minimum Gasteiger partial charge on any atom is -0.443 e. The van der Waals surface area contributed by atoms with E-state index in [1.165, 1.54) is 9.47 Å². The molecule has 0 aliphatic heterocycles. The largest absolute Gasteiger partial charge is 0.443 e. The molecule has 1 aromatic carbocycles. The number of imidazole rings is 1. The van der Waals surface area contributed by atoms with E-state index in [0.29, 0.717) is 27.4 Å². The highest BCUT2D eigenvalue weighted by molar-refractivity contribution is 6.33. The van der Waals surface area contributed by atoms with Crippen LogP contribution in [0, 0.1) is 0 Å². The van der Waals surface area contributed by atoms with Crippen LogP contribution in [0.1, 0.15) is 31.3 Å². The number of rotatable bonds is 4. The fourth-order valence-corrected chi connectivity index (χ4v) is 3.84. The molecule has 1 amide bonds. The predicted octanol–water partition coefficient (Wildman–Crippen LogP) is 5.32. The van der Waals surface area contributed by atoms with E-state index in [2.05, 4.69) is 15.3 Å². The number of nitrogens with zero attached hydrogens (tertiary/aromatic N) is 5. The third-order valence-electron chi connectivity index (χ3n) is 5.23. The number of hydrogen-bond acceptors (Lipinski definition) is 6. The van der Waals surface area contributed by atoms with Crippen molar-refractivity contribution in [2.24, 2.45) is 7.05 Å². The van der Waals surface area contributed by atoms with Crippen LogP contribution in [0.15, 0.2) is 49.1 Å². The molecule has 0 unspecified atom stereocenters. The molecule has 0 aliphatic rings. The Morgan fingerprint density at radius 3 is 2.46 bits per heavy atom. The molecule has 0 fully saturated rings. The minimum atomic E-state index is -0.733. The van der Waals surface area contributed by atoms with Crippen LogP contribution in [-0.2, 0) is 11.8 Å². The zero-order valence-electron chi connectivity index (χ0n) is 20.5. The van der Waals surface area contributed by atoms with Crippen LogP contribution in [0.5, 0.6) is 0 Å². The molecule has 0 bridgehead atoms. The van der Waals surface area contributed by atoms with Gasteiger partial charge in [0, 0.05) is 44.4 Å². The highest BCUT2D eigenvalue weighted by Crippen LogP contribution is 2.31. The van der Waals surface area contributed by atoms with Crippen molar-refractivity contribution in [1.82, 2.24) is 24.0 Å². The van der Waals surface area contributed by atoms with Crippen molar-refractivity contribution in [2.75, 3.05) is 19.4 Å². The first-order valence-corrected chi connectivity index (χ1v) is 11.3. The van der Waals surface area contributed by atoms with Crippen molar-refractivity contribution in [1.29, 1.82) is 0 Å². The minimum absolute atomic E-state index is 0.191. The lowest BCUT2D eigenvalue weighted by molar-refractivity contribution is 0.0528. The van der Waals surface area contributed by atoms with Crippen molar-refractivity contribution in [3.8, 4) is 11.3 Å². The van der Waals surface area contributed by atoms with E-state index in [9.17, 15) is 9.59 Å². The maximum Gasteiger partial charge on any atom is 0.419 e. The van der Waals surface area contributed by atoms with Gasteiger partial charge in [-0.2, -0.15) is 0 Å². The SMILES string of the molecule is CN(C)C(=O)c1cc2cnc(Nc3ccc(-c4cncn4C)cc3Cl)cc2n1C(=O)OC(C)(C)C. The molecule has 182 valence electrons. The van der Waals surface area contributed by atoms with Crippen LogP contribution >= 0.6 is 11.6 Å². The molecule has 0 radical (unpaired) electrons. The van der Waals surface area contributed by atoms with Crippen molar-refractivity contribution in [3.05, 3.63) is 59.8 Å². The fraction of sp³-hybridized carbons (Fsp3) is 0.280. The number of amides is 1. The molecule has 0 aliphatic carbocycles. The van der Waals surface area contributed by atoms with Gasteiger partial charge in [0.1, 0.15) is 17.1 Å². The molecule has 10 heteroatoms. The normalized spacial score (nSPS) is 11.5. The highest BCUT2D eigenvalue weighted by Gasteiger charge is 2.26. The van der Waals surface area contributed by atoms with Gasteiger partial charge in [-0.3, -0.25) is 4.79 Å². The Hall–Kier alpha value is -3.85.